The van der Waals surface area contributed by atoms with Gasteiger partial charge in [0.1, 0.15) is 6.04 Å². The average molecular weight is 139 g/mol. The summed E-state index contributed by atoms with van der Waals surface area (Å²) in [7, 11) is 1.51. The van der Waals surface area contributed by atoms with Crippen LogP contribution >= 0.6 is 0 Å². The van der Waals surface area contributed by atoms with Gasteiger partial charge in [0.25, 0.3) is 0 Å². The minimum Gasteiger partial charge on any atom is -0.382 e. The molecule has 4 heteroatoms. The molecule has 0 aromatic carbocycles. The predicted octanol–water partition coefficient (Wildman–Crippen LogP) is -0.362. The molecule has 0 saturated carbocycles. The van der Waals surface area contributed by atoms with Crippen LogP contribution in [-0.4, -0.2) is 26.3 Å². The predicted molar refractivity (Wildman–Crippen MR) is 34.9 cm³/mol. The van der Waals surface area contributed by atoms with E-state index in [1.54, 1.807) is 0 Å². The summed E-state index contributed by atoms with van der Waals surface area (Å²) < 4.78 is 4.70. The van der Waals surface area contributed by atoms with Gasteiger partial charge in [-0.3, -0.25) is 5.32 Å². The fourth-order valence-electron chi connectivity index (χ4n) is 0.477. The van der Waals surface area contributed by atoms with Crippen LogP contribution in [0.1, 0.15) is 0 Å². The molecule has 1 atom stereocenters. The zero-order valence-electron chi connectivity index (χ0n) is 5.79. The minimum atomic E-state index is -0.371. The van der Waals surface area contributed by atoms with Gasteiger partial charge in [0.2, 0.25) is 0 Å². The van der Waals surface area contributed by atoms with Crippen molar-refractivity contribution in [3.8, 4) is 12.1 Å². The van der Waals surface area contributed by atoms with E-state index < -0.39 is 0 Å². The van der Waals surface area contributed by atoms with Crippen molar-refractivity contribution in [1.82, 2.24) is 5.32 Å². The highest BCUT2D eigenvalue weighted by atomic mass is 16.5. The van der Waals surface area contributed by atoms with E-state index in [-0.39, 0.29) is 12.6 Å². The smallest absolute Gasteiger partial charge is 0.120 e. The maximum Gasteiger partial charge on any atom is 0.120 e. The fourth-order valence-corrected chi connectivity index (χ4v) is 0.477. The van der Waals surface area contributed by atoms with Crippen molar-refractivity contribution in [1.29, 1.82) is 10.5 Å². The molecule has 4 nitrogen and oxygen atoms in total. The first-order valence-corrected chi connectivity index (χ1v) is 2.84. The van der Waals surface area contributed by atoms with Gasteiger partial charge in [-0.1, -0.05) is 0 Å². The van der Waals surface area contributed by atoms with Crippen LogP contribution < -0.4 is 5.32 Å². The first kappa shape index (κ1) is 8.90. The third-order valence-corrected chi connectivity index (χ3v) is 0.917. The zero-order valence-corrected chi connectivity index (χ0v) is 5.79. The molecule has 0 heterocycles. The molecule has 0 saturated heterocycles. The van der Waals surface area contributed by atoms with Crippen LogP contribution in [0, 0.1) is 22.7 Å². The zero-order chi connectivity index (χ0) is 7.82. The van der Waals surface area contributed by atoms with E-state index in [0.717, 1.165) is 0 Å². The second-order valence-electron chi connectivity index (χ2n) is 1.68. The Morgan fingerprint density at radius 3 is 2.70 bits per heavy atom. The topological polar surface area (TPSA) is 68.8 Å². The molecule has 10 heavy (non-hydrogen) atoms. The monoisotopic (exact) mass is 139 g/mol. The number of hydrogen-bond acceptors (Lipinski definition) is 4. The number of ether oxygens (including phenoxy) is 1. The van der Waals surface area contributed by atoms with Crippen molar-refractivity contribution in [3.05, 3.63) is 0 Å². The summed E-state index contributed by atoms with van der Waals surface area (Å²) in [4.78, 5) is 0. The van der Waals surface area contributed by atoms with E-state index in [4.69, 9.17) is 15.3 Å². The van der Waals surface area contributed by atoms with E-state index in [1.165, 1.54) is 7.11 Å². The van der Waals surface area contributed by atoms with E-state index in [2.05, 4.69) is 5.32 Å². The normalized spacial score (nSPS) is 11.5. The molecular formula is C6H9N3O. The van der Waals surface area contributed by atoms with Crippen LogP contribution in [0.2, 0.25) is 0 Å². The van der Waals surface area contributed by atoms with Crippen LogP contribution in [0.3, 0.4) is 0 Å². The highest BCUT2D eigenvalue weighted by molar-refractivity contribution is 4.92. The lowest BCUT2D eigenvalue weighted by Gasteiger charge is -2.05. The Labute approximate surface area is 60.0 Å². The van der Waals surface area contributed by atoms with Crippen molar-refractivity contribution < 1.29 is 4.74 Å². The van der Waals surface area contributed by atoms with Crippen molar-refractivity contribution in [2.45, 2.75) is 6.04 Å². The number of rotatable bonds is 4. The molecule has 0 aromatic heterocycles. The molecule has 0 aliphatic heterocycles. The van der Waals surface area contributed by atoms with Crippen LogP contribution in [0.25, 0.3) is 0 Å². The number of hydrogen-bond donors (Lipinski definition) is 1. The van der Waals surface area contributed by atoms with E-state index >= 15 is 0 Å². The lowest BCUT2D eigenvalue weighted by Crippen LogP contribution is -2.31. The maximum absolute atomic E-state index is 8.38. The second kappa shape index (κ2) is 6.03. The Bertz CT molecular complexity index is 155. The highest BCUT2D eigenvalue weighted by Gasteiger charge is 2.02. The number of methoxy groups -OCH3 is 1. The van der Waals surface area contributed by atoms with Gasteiger partial charge < -0.3 is 4.74 Å². The highest BCUT2D eigenvalue weighted by Crippen LogP contribution is 1.79. The minimum absolute atomic E-state index is 0.182. The summed E-state index contributed by atoms with van der Waals surface area (Å²) in [5.41, 5.74) is 0. The maximum atomic E-state index is 8.38. The number of nitriles is 2. The molecule has 0 rings (SSSR count). The Morgan fingerprint density at radius 2 is 2.30 bits per heavy atom. The van der Waals surface area contributed by atoms with Crippen LogP contribution in [0.4, 0.5) is 0 Å². The van der Waals surface area contributed by atoms with Crippen LogP contribution in [0.15, 0.2) is 0 Å². The third-order valence-electron chi connectivity index (χ3n) is 0.917. The molecule has 0 aliphatic rings. The van der Waals surface area contributed by atoms with Gasteiger partial charge in [0.05, 0.1) is 25.3 Å². The summed E-state index contributed by atoms with van der Waals surface area (Å²) in [5, 5.41) is 19.2. The molecule has 0 radical (unpaired) electrons. The van der Waals surface area contributed by atoms with Gasteiger partial charge in [0, 0.05) is 7.11 Å². The van der Waals surface area contributed by atoms with Crippen LogP contribution in [0.5, 0.6) is 0 Å². The SMILES string of the molecule is COCC(C#N)NCC#N. The Balaban J connectivity index is 3.45. The van der Waals surface area contributed by atoms with Crippen molar-refractivity contribution in [2.75, 3.05) is 20.3 Å². The summed E-state index contributed by atoms with van der Waals surface area (Å²) in [6.45, 7) is 0.500. The number of nitrogens with zero attached hydrogens (tertiary/aromatic N) is 2. The molecular weight excluding hydrogens is 130 g/mol. The van der Waals surface area contributed by atoms with Gasteiger partial charge in [-0.2, -0.15) is 10.5 Å². The van der Waals surface area contributed by atoms with Crippen molar-refractivity contribution in [2.24, 2.45) is 0 Å². The summed E-state index contributed by atoms with van der Waals surface area (Å²) in [6, 6.07) is 3.45. The largest absolute Gasteiger partial charge is 0.382 e. The molecule has 0 bridgehead atoms. The molecule has 1 unspecified atom stereocenters. The molecule has 1 N–H and O–H groups in total. The summed E-state index contributed by atoms with van der Waals surface area (Å²) >= 11 is 0. The van der Waals surface area contributed by atoms with Gasteiger partial charge in [0.15, 0.2) is 0 Å². The molecule has 0 fully saturated rings. The van der Waals surface area contributed by atoms with Crippen LogP contribution in [-0.2, 0) is 4.74 Å². The molecule has 0 aromatic rings. The quantitative estimate of drug-likeness (QED) is 0.540. The summed E-state index contributed by atoms with van der Waals surface area (Å²) in [6.07, 6.45) is 0. The Morgan fingerprint density at radius 1 is 1.60 bits per heavy atom. The van der Waals surface area contributed by atoms with Crippen molar-refractivity contribution in [3.63, 3.8) is 0 Å². The fraction of sp³-hybridized carbons (Fsp3) is 0.667. The Hall–Kier alpha value is -1.10. The first-order chi connectivity index (χ1) is 4.85. The average Bonchev–Trinajstić information content (AvgIpc) is 1.98. The molecule has 0 aliphatic carbocycles. The standard InChI is InChI=1S/C6H9N3O/c1-10-5-6(4-8)9-3-2-7/h6,9H,3,5H2,1H3. The van der Waals surface area contributed by atoms with Gasteiger partial charge in [-0.25, -0.2) is 0 Å². The van der Waals surface area contributed by atoms with E-state index in [1.807, 2.05) is 12.1 Å². The molecule has 0 spiro atoms. The lowest BCUT2D eigenvalue weighted by atomic mass is 10.3. The van der Waals surface area contributed by atoms with Crippen molar-refractivity contribution >= 4 is 0 Å². The second-order valence-corrected chi connectivity index (χ2v) is 1.68. The molecule has 0 amide bonds. The summed E-state index contributed by atoms with van der Waals surface area (Å²) in [5.74, 6) is 0. The third kappa shape index (κ3) is 3.85. The number of nitrogens with one attached hydrogen (secondary N) is 1. The van der Waals surface area contributed by atoms with E-state index in [9.17, 15) is 0 Å². The Kier molecular flexibility index (Phi) is 5.36. The van der Waals surface area contributed by atoms with Gasteiger partial charge >= 0.3 is 0 Å². The first-order valence-electron chi connectivity index (χ1n) is 2.84. The lowest BCUT2D eigenvalue weighted by molar-refractivity contribution is 0.184. The van der Waals surface area contributed by atoms with Gasteiger partial charge in [-0.05, 0) is 0 Å². The molecule has 54 valence electrons. The van der Waals surface area contributed by atoms with E-state index in [0.29, 0.717) is 6.61 Å². The van der Waals surface area contributed by atoms with Gasteiger partial charge in [-0.15, -0.1) is 0 Å².